The minimum atomic E-state index is -0.845. The van der Waals surface area contributed by atoms with Gasteiger partial charge < -0.3 is 5.32 Å². The van der Waals surface area contributed by atoms with Gasteiger partial charge in [-0.1, -0.05) is 38.1 Å². The average Bonchev–Trinajstić information content (AvgIpc) is 3.24. The third-order valence-corrected chi connectivity index (χ3v) is 7.46. The highest BCUT2D eigenvalue weighted by Gasteiger charge is 2.50. The van der Waals surface area contributed by atoms with Crippen LogP contribution in [0.5, 0.6) is 0 Å². The molecule has 3 heterocycles. The van der Waals surface area contributed by atoms with E-state index in [9.17, 15) is 4.79 Å². The summed E-state index contributed by atoms with van der Waals surface area (Å²) in [5.74, 6) is -0.142. The Bertz CT molecular complexity index is 1140. The molecule has 1 aromatic carbocycles. The number of amides is 1. The van der Waals surface area contributed by atoms with Gasteiger partial charge in [-0.3, -0.25) is 20.1 Å². The average molecular weight is 498 g/mol. The Morgan fingerprint density at radius 1 is 1.23 bits per heavy atom. The van der Waals surface area contributed by atoms with Gasteiger partial charge in [0.25, 0.3) is 0 Å². The maximum atomic E-state index is 13.4. The van der Waals surface area contributed by atoms with Crippen molar-refractivity contribution in [3.63, 3.8) is 0 Å². The Kier molecular flexibility index (Phi) is 5.70. The number of carbonyl (C=O) groups excluding carboxylic acids is 1. The number of pyridine rings is 1. The molecule has 1 fully saturated rings. The molecule has 1 saturated heterocycles. The monoisotopic (exact) mass is 497 g/mol. The summed E-state index contributed by atoms with van der Waals surface area (Å²) >= 11 is 4.97. The van der Waals surface area contributed by atoms with Gasteiger partial charge in [0.2, 0.25) is 5.91 Å². The smallest absolute Gasteiger partial charge is 0.239 e. The Balaban J connectivity index is 1.79. The van der Waals surface area contributed by atoms with E-state index in [1.807, 2.05) is 31.3 Å². The molecule has 0 spiro atoms. The molecule has 31 heavy (non-hydrogen) atoms. The minimum absolute atomic E-state index is 0.0726. The molecule has 0 unspecified atom stereocenters. The molecule has 1 amide bonds. The molecular weight excluding hydrogens is 474 g/mol. The van der Waals surface area contributed by atoms with Crippen molar-refractivity contribution in [3.05, 3.63) is 69.5 Å². The van der Waals surface area contributed by atoms with E-state index in [1.165, 1.54) is 21.8 Å². The number of benzene rings is 1. The molecule has 1 aliphatic rings. The first kappa shape index (κ1) is 21.6. The molecule has 0 saturated carbocycles. The molecule has 3 aromatic rings. The first-order valence-electron chi connectivity index (χ1n) is 10.0. The molecular formula is C23H24BrN5OS. The van der Waals surface area contributed by atoms with Crippen LogP contribution in [0.25, 0.3) is 10.4 Å². The summed E-state index contributed by atoms with van der Waals surface area (Å²) in [6.45, 7) is 6.25. The van der Waals surface area contributed by atoms with Gasteiger partial charge >= 0.3 is 0 Å². The van der Waals surface area contributed by atoms with Crippen LogP contribution in [-0.2, 0) is 10.3 Å². The van der Waals surface area contributed by atoms with E-state index in [1.54, 1.807) is 19.4 Å². The van der Waals surface area contributed by atoms with Gasteiger partial charge in [-0.15, -0.1) is 11.3 Å². The number of hydrogen-bond acceptors (Lipinski definition) is 5. The minimum Gasteiger partial charge on any atom is -0.343 e. The third-order valence-electron chi connectivity index (χ3n) is 5.74. The standard InChI is InChI=1S/C23H24BrN5OS/c1-13(2)14-5-7-15(8-6-14)19-20(30)29(4)22(25)28-23(19,3)21-27-12-18(31-21)16-9-17(24)11-26-10-16/h5-13,19H,1-4H3,(H2,25,28)/t19-,23-/m0/s1. The molecule has 0 radical (unpaired) electrons. The largest absolute Gasteiger partial charge is 0.343 e. The van der Waals surface area contributed by atoms with Crippen molar-refractivity contribution in [1.29, 1.82) is 5.41 Å². The van der Waals surface area contributed by atoms with Gasteiger partial charge in [-0.2, -0.15) is 0 Å². The molecule has 2 atom stereocenters. The Hall–Kier alpha value is -2.58. The first-order chi connectivity index (χ1) is 14.7. The summed E-state index contributed by atoms with van der Waals surface area (Å²) in [6, 6.07) is 10.2. The van der Waals surface area contributed by atoms with Crippen LogP contribution in [-0.4, -0.2) is 33.8 Å². The summed E-state index contributed by atoms with van der Waals surface area (Å²) in [6.07, 6.45) is 5.34. The van der Waals surface area contributed by atoms with Crippen LogP contribution in [0, 0.1) is 5.41 Å². The lowest BCUT2D eigenvalue weighted by molar-refractivity contribution is -0.131. The van der Waals surface area contributed by atoms with Crippen molar-refractivity contribution in [2.75, 3.05) is 7.05 Å². The van der Waals surface area contributed by atoms with E-state index in [-0.39, 0.29) is 11.9 Å². The molecule has 0 bridgehead atoms. The summed E-state index contributed by atoms with van der Waals surface area (Å²) < 4.78 is 0.892. The number of nitrogens with zero attached hydrogens (tertiary/aromatic N) is 3. The van der Waals surface area contributed by atoms with Gasteiger partial charge in [-0.25, -0.2) is 4.98 Å². The second-order valence-electron chi connectivity index (χ2n) is 8.25. The summed E-state index contributed by atoms with van der Waals surface area (Å²) in [4.78, 5) is 24.6. The Morgan fingerprint density at radius 3 is 2.58 bits per heavy atom. The number of thiazole rings is 1. The molecule has 2 N–H and O–H groups in total. The molecule has 6 nitrogen and oxygen atoms in total. The zero-order valence-electron chi connectivity index (χ0n) is 17.8. The van der Waals surface area contributed by atoms with Gasteiger partial charge in [0.05, 0.1) is 10.8 Å². The van der Waals surface area contributed by atoms with Crippen LogP contribution >= 0.6 is 27.3 Å². The maximum Gasteiger partial charge on any atom is 0.239 e. The number of halogens is 1. The van der Waals surface area contributed by atoms with Crippen molar-refractivity contribution in [2.45, 2.75) is 38.1 Å². The highest BCUT2D eigenvalue weighted by atomic mass is 79.9. The molecule has 1 aliphatic heterocycles. The Morgan fingerprint density at radius 2 is 1.94 bits per heavy atom. The third kappa shape index (κ3) is 3.90. The molecule has 2 aromatic heterocycles. The lowest BCUT2D eigenvalue weighted by atomic mass is 9.78. The summed E-state index contributed by atoms with van der Waals surface area (Å²) in [5.41, 5.74) is 2.24. The van der Waals surface area contributed by atoms with Crippen LogP contribution in [0.3, 0.4) is 0 Å². The van der Waals surface area contributed by atoms with Crippen LogP contribution in [0.15, 0.2) is 53.4 Å². The molecule has 0 aliphatic carbocycles. The predicted molar refractivity (Wildman–Crippen MR) is 127 cm³/mol. The lowest BCUT2D eigenvalue weighted by Crippen LogP contribution is -2.62. The van der Waals surface area contributed by atoms with Crippen molar-refractivity contribution < 1.29 is 4.79 Å². The van der Waals surface area contributed by atoms with Gasteiger partial charge in [0.15, 0.2) is 5.96 Å². The zero-order valence-corrected chi connectivity index (χ0v) is 20.2. The number of nitrogens with one attached hydrogen (secondary N) is 2. The zero-order chi connectivity index (χ0) is 22.3. The van der Waals surface area contributed by atoms with Crippen molar-refractivity contribution in [3.8, 4) is 10.4 Å². The van der Waals surface area contributed by atoms with E-state index >= 15 is 0 Å². The number of hydrogen-bond donors (Lipinski definition) is 2. The number of aromatic nitrogens is 2. The normalized spacial score (nSPS) is 21.5. The number of guanidine groups is 1. The fraction of sp³-hybridized carbons (Fsp3) is 0.304. The van der Waals surface area contributed by atoms with Crippen molar-refractivity contribution >= 4 is 39.1 Å². The highest BCUT2D eigenvalue weighted by molar-refractivity contribution is 9.10. The van der Waals surface area contributed by atoms with E-state index in [0.717, 1.165) is 25.5 Å². The van der Waals surface area contributed by atoms with Crippen LogP contribution in [0.1, 0.15) is 48.7 Å². The number of rotatable bonds is 4. The van der Waals surface area contributed by atoms with Crippen molar-refractivity contribution in [2.24, 2.45) is 0 Å². The van der Waals surface area contributed by atoms with Crippen molar-refractivity contribution in [1.82, 2.24) is 20.2 Å². The van der Waals surface area contributed by atoms with E-state index in [2.05, 4.69) is 57.2 Å². The fourth-order valence-electron chi connectivity index (χ4n) is 3.87. The van der Waals surface area contributed by atoms with Gasteiger partial charge in [-0.05, 0) is 46.0 Å². The van der Waals surface area contributed by atoms with Gasteiger partial charge in [0, 0.05) is 35.7 Å². The molecule has 8 heteroatoms. The van der Waals surface area contributed by atoms with E-state index in [4.69, 9.17) is 5.41 Å². The second kappa shape index (κ2) is 8.16. The fourth-order valence-corrected chi connectivity index (χ4v) is 5.27. The van der Waals surface area contributed by atoms with Crippen LogP contribution in [0.4, 0.5) is 0 Å². The van der Waals surface area contributed by atoms with E-state index in [0.29, 0.717) is 5.92 Å². The molecule has 4 rings (SSSR count). The highest BCUT2D eigenvalue weighted by Crippen LogP contribution is 2.43. The maximum absolute atomic E-state index is 13.4. The predicted octanol–water partition coefficient (Wildman–Crippen LogP) is 5.09. The topological polar surface area (TPSA) is 82.0 Å². The quantitative estimate of drug-likeness (QED) is 0.525. The van der Waals surface area contributed by atoms with Crippen LogP contribution in [0.2, 0.25) is 0 Å². The molecule has 160 valence electrons. The second-order valence-corrected chi connectivity index (χ2v) is 10.2. The Labute approximate surface area is 194 Å². The SMILES string of the molecule is CC(C)c1ccc([C@H]2C(=O)N(C)C(=N)N[C@]2(C)c2ncc(-c3cncc(Br)c3)s2)cc1. The number of likely N-dealkylation sites (N-methyl/N-ethyl adjacent to an activating group) is 1. The summed E-state index contributed by atoms with van der Waals surface area (Å²) in [7, 11) is 1.63. The lowest BCUT2D eigenvalue weighted by Gasteiger charge is -2.44. The van der Waals surface area contributed by atoms with Crippen LogP contribution < -0.4 is 5.32 Å². The van der Waals surface area contributed by atoms with Gasteiger partial charge in [0.1, 0.15) is 10.5 Å². The number of carbonyl (C=O) groups is 1. The van der Waals surface area contributed by atoms with E-state index < -0.39 is 11.5 Å². The summed E-state index contributed by atoms with van der Waals surface area (Å²) in [5, 5.41) is 12.3. The first-order valence-corrected chi connectivity index (χ1v) is 11.6.